The molecule has 1 aliphatic rings. The lowest BCUT2D eigenvalue weighted by Crippen LogP contribution is -1.97. The van der Waals surface area contributed by atoms with Crippen molar-refractivity contribution in [3.05, 3.63) is 59.7 Å². The highest BCUT2D eigenvalue weighted by atomic mass is 14.1. The fraction of sp³-hybridized carbons (Fsp3) is 0.286. The number of rotatable bonds is 2. The van der Waals surface area contributed by atoms with E-state index in [1.807, 2.05) is 0 Å². The van der Waals surface area contributed by atoms with E-state index in [2.05, 4.69) is 55.5 Å². The summed E-state index contributed by atoms with van der Waals surface area (Å²) in [5, 5.41) is 0. The Labute approximate surface area is 86.0 Å². The lowest BCUT2D eigenvalue weighted by atomic mass is 9.90. The topological polar surface area (TPSA) is 0 Å². The van der Waals surface area contributed by atoms with Crippen molar-refractivity contribution < 1.29 is 0 Å². The highest BCUT2D eigenvalue weighted by Crippen LogP contribution is 2.27. The van der Waals surface area contributed by atoms with Crippen molar-refractivity contribution in [2.24, 2.45) is 0 Å². The van der Waals surface area contributed by atoms with Gasteiger partial charge in [-0.05, 0) is 24.0 Å². The van der Waals surface area contributed by atoms with Gasteiger partial charge in [0, 0.05) is 5.92 Å². The van der Waals surface area contributed by atoms with Crippen molar-refractivity contribution in [2.75, 3.05) is 0 Å². The molecule has 0 nitrogen and oxygen atoms in total. The van der Waals surface area contributed by atoms with Crippen LogP contribution in [0.2, 0.25) is 0 Å². The summed E-state index contributed by atoms with van der Waals surface area (Å²) >= 11 is 0. The molecule has 0 amide bonds. The van der Waals surface area contributed by atoms with Crippen molar-refractivity contribution in [2.45, 2.75) is 25.7 Å². The second-order valence-corrected chi connectivity index (χ2v) is 3.82. The third kappa shape index (κ3) is 1.95. The quantitative estimate of drug-likeness (QED) is 0.650. The molecule has 14 heavy (non-hydrogen) atoms. The molecule has 0 fully saturated rings. The van der Waals surface area contributed by atoms with Crippen LogP contribution in [-0.4, -0.2) is 0 Å². The maximum Gasteiger partial charge on any atom is 0.00577 e. The summed E-state index contributed by atoms with van der Waals surface area (Å²) in [5.74, 6) is 0.535. The first-order chi connectivity index (χ1) is 6.88. The van der Waals surface area contributed by atoms with E-state index in [4.69, 9.17) is 0 Å². The summed E-state index contributed by atoms with van der Waals surface area (Å²) in [7, 11) is 0. The first-order valence-corrected chi connectivity index (χ1v) is 5.29. The van der Waals surface area contributed by atoms with Gasteiger partial charge in [-0.3, -0.25) is 0 Å². The van der Waals surface area contributed by atoms with Gasteiger partial charge < -0.3 is 0 Å². The maximum atomic E-state index is 2.36. The van der Waals surface area contributed by atoms with Crippen LogP contribution in [0.3, 0.4) is 0 Å². The normalized spacial score (nSPS) is 17.6. The predicted octanol–water partition coefficient (Wildman–Crippen LogP) is 4.07. The van der Waals surface area contributed by atoms with E-state index >= 15 is 0 Å². The third-order valence-electron chi connectivity index (χ3n) is 2.82. The Hall–Kier alpha value is -1.30. The van der Waals surface area contributed by atoms with Crippen molar-refractivity contribution in [1.29, 1.82) is 0 Å². The summed E-state index contributed by atoms with van der Waals surface area (Å²) in [4.78, 5) is 0. The number of benzene rings is 1. The van der Waals surface area contributed by atoms with Crippen molar-refractivity contribution in [3.63, 3.8) is 0 Å². The van der Waals surface area contributed by atoms with E-state index in [-0.39, 0.29) is 0 Å². The molecule has 0 bridgehead atoms. The second-order valence-electron chi connectivity index (χ2n) is 3.82. The van der Waals surface area contributed by atoms with E-state index < -0.39 is 0 Å². The Bertz CT molecular complexity index is 344. The lowest BCUT2D eigenvalue weighted by Gasteiger charge is -2.15. The summed E-state index contributed by atoms with van der Waals surface area (Å²) < 4.78 is 0. The summed E-state index contributed by atoms with van der Waals surface area (Å²) in [6.45, 7) is 2.27. The first-order valence-electron chi connectivity index (χ1n) is 5.29. The zero-order chi connectivity index (χ0) is 9.80. The van der Waals surface area contributed by atoms with Crippen LogP contribution in [0.4, 0.5) is 0 Å². The molecule has 72 valence electrons. The monoisotopic (exact) mass is 184 g/mol. The van der Waals surface area contributed by atoms with E-state index in [0.29, 0.717) is 5.92 Å². The fourth-order valence-electron chi connectivity index (χ4n) is 1.89. The SMILES string of the molecule is C[C@H](C1=CCCC=C1)c1ccccc1. The molecular formula is C14H16. The Balaban J connectivity index is 2.20. The molecule has 1 aromatic carbocycles. The fourth-order valence-corrected chi connectivity index (χ4v) is 1.89. The average molecular weight is 184 g/mol. The van der Waals surface area contributed by atoms with Crippen LogP contribution < -0.4 is 0 Å². The molecule has 0 spiro atoms. The van der Waals surface area contributed by atoms with E-state index in [1.165, 1.54) is 24.0 Å². The number of hydrogen-bond donors (Lipinski definition) is 0. The Kier molecular flexibility index (Phi) is 2.83. The summed E-state index contributed by atoms with van der Waals surface area (Å²) in [6, 6.07) is 10.7. The molecule has 2 rings (SSSR count). The molecule has 0 N–H and O–H groups in total. The van der Waals surface area contributed by atoms with Crippen LogP contribution in [0.1, 0.15) is 31.2 Å². The molecule has 0 heterocycles. The number of allylic oxidation sites excluding steroid dienone is 4. The predicted molar refractivity (Wildman–Crippen MR) is 61.3 cm³/mol. The van der Waals surface area contributed by atoms with Gasteiger partial charge in [0.15, 0.2) is 0 Å². The van der Waals surface area contributed by atoms with Gasteiger partial charge in [0.1, 0.15) is 0 Å². The van der Waals surface area contributed by atoms with Gasteiger partial charge in [-0.1, -0.05) is 55.5 Å². The van der Waals surface area contributed by atoms with Crippen molar-refractivity contribution >= 4 is 0 Å². The summed E-state index contributed by atoms with van der Waals surface area (Å²) in [6.07, 6.45) is 9.29. The third-order valence-corrected chi connectivity index (χ3v) is 2.82. The first kappa shape index (κ1) is 9.26. The molecule has 0 aromatic heterocycles. The largest absolute Gasteiger partial charge is 0.0839 e. The van der Waals surface area contributed by atoms with Gasteiger partial charge in [-0.2, -0.15) is 0 Å². The standard InChI is InChI=1S/C14H16/c1-12(13-8-4-2-5-9-13)14-10-6-3-7-11-14/h2,4-6,8-12H,3,7H2,1H3/t12-/m0/s1. The van der Waals surface area contributed by atoms with Crippen LogP contribution in [0.5, 0.6) is 0 Å². The Morgan fingerprint density at radius 2 is 1.86 bits per heavy atom. The van der Waals surface area contributed by atoms with Gasteiger partial charge in [0.25, 0.3) is 0 Å². The van der Waals surface area contributed by atoms with Crippen molar-refractivity contribution in [1.82, 2.24) is 0 Å². The van der Waals surface area contributed by atoms with Crippen LogP contribution >= 0.6 is 0 Å². The van der Waals surface area contributed by atoms with E-state index in [9.17, 15) is 0 Å². The molecule has 1 aliphatic carbocycles. The molecule has 0 radical (unpaired) electrons. The van der Waals surface area contributed by atoms with Crippen LogP contribution in [0.15, 0.2) is 54.1 Å². The minimum absolute atomic E-state index is 0.535. The van der Waals surface area contributed by atoms with Gasteiger partial charge >= 0.3 is 0 Å². The molecule has 1 atom stereocenters. The van der Waals surface area contributed by atoms with Gasteiger partial charge in [0.05, 0.1) is 0 Å². The molecular weight excluding hydrogens is 168 g/mol. The van der Waals surface area contributed by atoms with Crippen LogP contribution in [0.25, 0.3) is 0 Å². The van der Waals surface area contributed by atoms with Gasteiger partial charge in [0.2, 0.25) is 0 Å². The molecule has 0 aliphatic heterocycles. The molecule has 0 unspecified atom stereocenters. The molecule has 0 heteroatoms. The smallest absolute Gasteiger partial charge is 0.00577 e. The van der Waals surface area contributed by atoms with E-state index in [1.54, 1.807) is 0 Å². The summed E-state index contributed by atoms with van der Waals surface area (Å²) in [5.41, 5.74) is 2.87. The van der Waals surface area contributed by atoms with Crippen LogP contribution in [0, 0.1) is 0 Å². The Morgan fingerprint density at radius 3 is 2.50 bits per heavy atom. The van der Waals surface area contributed by atoms with Gasteiger partial charge in [-0.25, -0.2) is 0 Å². The lowest BCUT2D eigenvalue weighted by molar-refractivity contribution is 0.882. The van der Waals surface area contributed by atoms with Crippen LogP contribution in [-0.2, 0) is 0 Å². The van der Waals surface area contributed by atoms with Gasteiger partial charge in [-0.15, -0.1) is 0 Å². The number of hydrogen-bond acceptors (Lipinski definition) is 0. The molecule has 1 aromatic rings. The minimum atomic E-state index is 0.535. The zero-order valence-corrected chi connectivity index (χ0v) is 8.61. The minimum Gasteiger partial charge on any atom is -0.0839 e. The highest BCUT2D eigenvalue weighted by molar-refractivity contribution is 5.35. The Morgan fingerprint density at radius 1 is 1.07 bits per heavy atom. The van der Waals surface area contributed by atoms with Crippen molar-refractivity contribution in [3.8, 4) is 0 Å². The van der Waals surface area contributed by atoms with E-state index in [0.717, 1.165) is 0 Å². The maximum absolute atomic E-state index is 2.36. The highest BCUT2D eigenvalue weighted by Gasteiger charge is 2.09. The zero-order valence-electron chi connectivity index (χ0n) is 8.61. The molecule has 0 saturated carbocycles. The second kappa shape index (κ2) is 4.28. The molecule has 0 saturated heterocycles. The average Bonchev–Trinajstić information content (AvgIpc) is 2.30.